The second kappa shape index (κ2) is 17.7. The minimum atomic E-state index is -2.65. The van der Waals surface area contributed by atoms with Gasteiger partial charge in [-0.1, -0.05) is 195 Å². The Labute approximate surface area is 435 Å². The average molecular weight is 947 g/mol. The monoisotopic (exact) mass is 947 g/mol. The SMILES string of the molecule is [2H]c1c([2H])c([2H])c(-c2cc(C([2H])([2H])[2H])cc(-c3cccc(C(C)(C)C)c3)c2-[n+]2[c-]n(-c3cccc(Oc4ccc5c6ccccc6n(-c6cc(C(C)(C)C)ccn6)c5c4)c3)c3cc(-c4ccc(C(C)(C)C)cc4)ccc32)c([2H])c1[2H]. The van der Waals surface area contributed by atoms with E-state index in [4.69, 9.17) is 17.9 Å². The minimum absolute atomic E-state index is 0.0531. The molecule has 0 aliphatic rings. The van der Waals surface area contributed by atoms with Crippen molar-refractivity contribution in [2.75, 3.05) is 0 Å². The number of aryl methyl sites for hydroxylation is 1. The second-order valence-corrected chi connectivity index (χ2v) is 21.8. The molecule has 0 N–H and O–H groups in total. The van der Waals surface area contributed by atoms with Crippen molar-refractivity contribution < 1.29 is 20.3 Å². The molecule has 72 heavy (non-hydrogen) atoms. The molecule has 8 aromatic carbocycles. The van der Waals surface area contributed by atoms with Crippen LogP contribution < -0.4 is 9.30 Å². The molecule has 5 nitrogen and oxygen atoms in total. The van der Waals surface area contributed by atoms with E-state index in [1.807, 2.05) is 94.2 Å². The fourth-order valence-electron chi connectivity index (χ4n) is 9.72. The number of pyridine rings is 1. The van der Waals surface area contributed by atoms with Gasteiger partial charge < -0.3 is 4.74 Å². The molecule has 0 saturated carbocycles. The molecule has 0 bridgehead atoms. The zero-order chi connectivity index (χ0) is 57.0. The summed E-state index contributed by atoms with van der Waals surface area (Å²) in [7, 11) is 0. The lowest BCUT2D eigenvalue weighted by atomic mass is 9.84. The van der Waals surface area contributed by atoms with Crippen LogP contribution in [0, 0.1) is 13.2 Å². The molecule has 0 saturated heterocycles. The highest BCUT2D eigenvalue weighted by Crippen LogP contribution is 2.40. The molecule has 356 valence electrons. The van der Waals surface area contributed by atoms with Crippen molar-refractivity contribution in [3.8, 4) is 62.1 Å². The smallest absolute Gasteiger partial charge is 0.269 e. The van der Waals surface area contributed by atoms with Crippen LogP contribution in [0.5, 0.6) is 11.5 Å². The summed E-state index contributed by atoms with van der Waals surface area (Å²) in [6.07, 6.45) is 5.55. The van der Waals surface area contributed by atoms with Crippen molar-refractivity contribution in [3.63, 3.8) is 0 Å². The molecular formula is C67H62N4O. The van der Waals surface area contributed by atoms with Gasteiger partial charge >= 0.3 is 0 Å². The number of benzene rings is 8. The number of ether oxygens (including phenoxy) is 1. The molecule has 5 heteroatoms. The van der Waals surface area contributed by atoms with E-state index in [1.165, 1.54) is 17.2 Å². The van der Waals surface area contributed by atoms with Crippen LogP contribution in [0.1, 0.15) is 95.5 Å². The molecule has 0 aliphatic carbocycles. The molecular weight excluding hydrogens is 877 g/mol. The van der Waals surface area contributed by atoms with Crippen LogP contribution in [0.3, 0.4) is 0 Å². The Morgan fingerprint density at radius 1 is 0.528 bits per heavy atom. The van der Waals surface area contributed by atoms with Gasteiger partial charge in [-0.05, 0) is 128 Å². The molecule has 0 amide bonds. The highest BCUT2D eigenvalue weighted by Gasteiger charge is 2.24. The van der Waals surface area contributed by atoms with Gasteiger partial charge in [0.25, 0.3) is 6.33 Å². The zero-order valence-corrected chi connectivity index (χ0v) is 42.3. The number of imidazole rings is 1. The van der Waals surface area contributed by atoms with Crippen molar-refractivity contribution in [1.82, 2.24) is 14.1 Å². The first kappa shape index (κ1) is 37.8. The number of fused-ring (bicyclic) bond motifs is 4. The van der Waals surface area contributed by atoms with Gasteiger partial charge in [-0.25, -0.2) is 4.98 Å². The van der Waals surface area contributed by atoms with Gasteiger partial charge in [0.2, 0.25) is 0 Å². The normalized spacial score (nSPS) is 14.1. The maximum atomic E-state index is 9.35. The van der Waals surface area contributed by atoms with Gasteiger partial charge in [0.15, 0.2) is 0 Å². The minimum Gasteiger partial charge on any atom is -0.458 e. The van der Waals surface area contributed by atoms with Gasteiger partial charge in [0.1, 0.15) is 17.3 Å². The fraction of sp³-hybridized carbons (Fsp3) is 0.194. The Bertz CT molecular complexity index is 4240. The van der Waals surface area contributed by atoms with Gasteiger partial charge in [-0.15, -0.1) is 0 Å². The standard InChI is InChI=1S/C67H62N4O/c1-44-36-57(46-18-12-11-13-19-46)64(58(37-44)48-20-16-21-50(38-48)66(5,6)7)70-43-69(62-39-47(28-33-60(62)70)45-26-29-49(30-27-45)65(2,3)4)52-22-17-23-53(41-52)72-54-31-32-56-55-24-14-15-25-59(55)71(61(56)42-54)63-40-51(34-35-68-63)67(8,9)10/h11-42H,1-10H3/i1D3,11D,12D,13D,18D,19D. The molecule has 3 heterocycles. The first-order chi connectivity index (χ1) is 37.8. The summed E-state index contributed by atoms with van der Waals surface area (Å²) in [5, 5.41) is 2.16. The summed E-state index contributed by atoms with van der Waals surface area (Å²) >= 11 is 0. The molecule has 0 atom stereocenters. The van der Waals surface area contributed by atoms with Crippen LogP contribution in [-0.4, -0.2) is 14.1 Å². The van der Waals surface area contributed by atoms with Crippen LogP contribution in [0.15, 0.2) is 194 Å². The van der Waals surface area contributed by atoms with E-state index in [9.17, 15) is 2.74 Å². The van der Waals surface area contributed by atoms with Crippen molar-refractivity contribution in [2.24, 2.45) is 0 Å². The number of aromatic nitrogens is 4. The van der Waals surface area contributed by atoms with Gasteiger partial charge in [0.05, 0.1) is 40.3 Å². The topological polar surface area (TPSA) is 35.9 Å². The summed E-state index contributed by atoms with van der Waals surface area (Å²) in [6, 6.07) is 49.5. The summed E-state index contributed by atoms with van der Waals surface area (Å²) in [4.78, 5) is 4.88. The van der Waals surface area contributed by atoms with E-state index in [1.54, 1.807) is 6.07 Å². The molecule has 0 aliphatic heterocycles. The van der Waals surface area contributed by atoms with Crippen LogP contribution in [0.4, 0.5) is 0 Å². The Morgan fingerprint density at radius 2 is 1.21 bits per heavy atom. The van der Waals surface area contributed by atoms with Gasteiger partial charge in [-0.2, -0.15) is 0 Å². The van der Waals surface area contributed by atoms with Crippen LogP contribution >= 0.6 is 0 Å². The van der Waals surface area contributed by atoms with E-state index in [0.717, 1.165) is 49.8 Å². The van der Waals surface area contributed by atoms with E-state index in [0.29, 0.717) is 39.5 Å². The van der Waals surface area contributed by atoms with Crippen LogP contribution in [0.2, 0.25) is 0 Å². The highest BCUT2D eigenvalue weighted by atomic mass is 16.5. The summed E-state index contributed by atoms with van der Waals surface area (Å²) in [5.74, 6) is 1.97. The Hall–Kier alpha value is -8.02. The Balaban J connectivity index is 1.15. The second-order valence-electron chi connectivity index (χ2n) is 21.8. The summed E-state index contributed by atoms with van der Waals surface area (Å²) < 4.78 is 84.1. The third kappa shape index (κ3) is 8.68. The van der Waals surface area contributed by atoms with Crippen molar-refractivity contribution in [1.29, 1.82) is 0 Å². The first-order valence-corrected chi connectivity index (χ1v) is 24.5. The largest absolute Gasteiger partial charge is 0.458 e. The molecule has 11 rings (SSSR count). The number of hydrogen-bond acceptors (Lipinski definition) is 2. The Kier molecular flexibility index (Phi) is 9.27. The first-order valence-electron chi connectivity index (χ1n) is 28.5. The lowest BCUT2D eigenvalue weighted by Crippen LogP contribution is -2.31. The third-order valence-corrected chi connectivity index (χ3v) is 13.7. The lowest BCUT2D eigenvalue weighted by molar-refractivity contribution is -0.571. The average Bonchev–Trinajstić information content (AvgIpc) is 4.18. The zero-order valence-electron chi connectivity index (χ0n) is 50.3. The van der Waals surface area contributed by atoms with Crippen molar-refractivity contribution >= 4 is 32.8 Å². The molecule has 11 aromatic rings. The molecule has 0 unspecified atom stereocenters. The van der Waals surface area contributed by atoms with E-state index < -0.39 is 37.1 Å². The number of rotatable bonds is 8. The van der Waals surface area contributed by atoms with Gasteiger partial charge in [-0.3, -0.25) is 13.7 Å². The number of para-hydroxylation sites is 1. The van der Waals surface area contributed by atoms with E-state index >= 15 is 0 Å². The van der Waals surface area contributed by atoms with Crippen molar-refractivity contribution in [2.45, 2.75) is 85.4 Å². The maximum absolute atomic E-state index is 9.35. The van der Waals surface area contributed by atoms with E-state index in [-0.39, 0.29) is 32.9 Å². The summed E-state index contributed by atoms with van der Waals surface area (Å²) in [5.41, 5.74) is 10.3. The predicted octanol–water partition coefficient (Wildman–Crippen LogP) is 17.2. The van der Waals surface area contributed by atoms with Crippen molar-refractivity contribution in [3.05, 3.63) is 223 Å². The predicted molar refractivity (Wildman–Crippen MR) is 299 cm³/mol. The Morgan fingerprint density at radius 3 is 1.96 bits per heavy atom. The lowest BCUT2D eigenvalue weighted by Gasteiger charge is -2.22. The van der Waals surface area contributed by atoms with Crippen LogP contribution in [0.25, 0.3) is 83.4 Å². The van der Waals surface area contributed by atoms with E-state index in [2.05, 4.69) is 140 Å². The van der Waals surface area contributed by atoms with Crippen LogP contribution in [-0.2, 0) is 16.2 Å². The fourth-order valence-corrected chi connectivity index (χ4v) is 9.72. The molecule has 0 fully saturated rings. The van der Waals surface area contributed by atoms with Gasteiger partial charge in [0, 0.05) is 27.1 Å². The number of hydrogen-bond donors (Lipinski definition) is 0. The summed E-state index contributed by atoms with van der Waals surface area (Å²) in [6.45, 7) is 16.8. The molecule has 3 aromatic heterocycles. The third-order valence-electron chi connectivity index (χ3n) is 13.7. The number of nitrogens with zero attached hydrogens (tertiary/aromatic N) is 4. The molecule has 0 radical (unpaired) electrons. The quantitative estimate of drug-likeness (QED) is 0.112. The highest BCUT2D eigenvalue weighted by molar-refractivity contribution is 6.09. The maximum Gasteiger partial charge on any atom is 0.269 e. The molecule has 0 spiro atoms.